The molecule has 0 radical (unpaired) electrons. The molecule has 2 bridgehead atoms. The second-order valence-corrected chi connectivity index (χ2v) is 5.54. The SMILES string of the molecule is CC(C)(C)OC(=O)N1C[C@H]2C[C@@H]1[C@H]2CO. The third-order valence-electron chi connectivity index (χ3n) is 3.31. The van der Waals surface area contributed by atoms with Crippen LogP contribution in [0, 0.1) is 11.8 Å². The molecule has 1 N–H and O–H groups in total. The summed E-state index contributed by atoms with van der Waals surface area (Å²) in [6, 6.07) is 0.217. The lowest BCUT2D eigenvalue weighted by atomic mass is 9.74. The number of aliphatic hydroxyl groups excluding tert-OH is 1. The van der Waals surface area contributed by atoms with Gasteiger partial charge in [-0.25, -0.2) is 4.79 Å². The minimum Gasteiger partial charge on any atom is -0.444 e. The summed E-state index contributed by atoms with van der Waals surface area (Å²) in [6.45, 7) is 6.55. The molecule has 0 aromatic rings. The van der Waals surface area contributed by atoms with Crippen LogP contribution in [0.5, 0.6) is 0 Å². The van der Waals surface area contributed by atoms with Gasteiger partial charge in [0, 0.05) is 25.1 Å². The van der Waals surface area contributed by atoms with Crippen molar-refractivity contribution in [3.63, 3.8) is 0 Å². The van der Waals surface area contributed by atoms with E-state index in [0.29, 0.717) is 5.92 Å². The molecule has 4 nitrogen and oxygen atoms in total. The van der Waals surface area contributed by atoms with E-state index in [-0.39, 0.29) is 24.7 Å². The largest absolute Gasteiger partial charge is 0.444 e. The smallest absolute Gasteiger partial charge is 0.410 e. The molecule has 1 aliphatic carbocycles. The van der Waals surface area contributed by atoms with Crippen LogP contribution in [-0.2, 0) is 4.74 Å². The Labute approximate surface area is 90.2 Å². The number of carbonyl (C=O) groups is 1. The van der Waals surface area contributed by atoms with Crippen molar-refractivity contribution >= 4 is 6.09 Å². The van der Waals surface area contributed by atoms with Crippen molar-refractivity contribution in [2.45, 2.75) is 38.8 Å². The first-order valence-electron chi connectivity index (χ1n) is 5.53. The summed E-state index contributed by atoms with van der Waals surface area (Å²) in [7, 11) is 0. The molecule has 0 unspecified atom stereocenters. The number of hydrogen-bond donors (Lipinski definition) is 1. The number of fused-ring (bicyclic) bond motifs is 1. The first-order valence-corrected chi connectivity index (χ1v) is 5.53. The van der Waals surface area contributed by atoms with Gasteiger partial charge in [-0.2, -0.15) is 0 Å². The predicted molar refractivity (Wildman–Crippen MR) is 55.4 cm³/mol. The van der Waals surface area contributed by atoms with Gasteiger partial charge < -0.3 is 14.7 Å². The van der Waals surface area contributed by atoms with Crippen LogP contribution >= 0.6 is 0 Å². The normalized spacial score (nSPS) is 33.9. The van der Waals surface area contributed by atoms with Crippen LogP contribution in [0.1, 0.15) is 27.2 Å². The summed E-state index contributed by atoms with van der Waals surface area (Å²) >= 11 is 0. The molecule has 3 aliphatic rings. The van der Waals surface area contributed by atoms with Gasteiger partial charge in [0.1, 0.15) is 5.60 Å². The van der Waals surface area contributed by atoms with Gasteiger partial charge in [-0.05, 0) is 33.1 Å². The van der Waals surface area contributed by atoms with Gasteiger partial charge in [0.25, 0.3) is 0 Å². The number of aliphatic hydroxyl groups is 1. The Morgan fingerprint density at radius 1 is 1.53 bits per heavy atom. The van der Waals surface area contributed by atoms with E-state index >= 15 is 0 Å². The number of hydrogen-bond acceptors (Lipinski definition) is 3. The Hall–Kier alpha value is -0.770. The molecule has 4 heteroatoms. The van der Waals surface area contributed by atoms with E-state index in [4.69, 9.17) is 9.84 Å². The molecule has 1 saturated carbocycles. The second kappa shape index (κ2) is 3.37. The van der Waals surface area contributed by atoms with Crippen LogP contribution in [0.25, 0.3) is 0 Å². The maximum absolute atomic E-state index is 11.8. The van der Waals surface area contributed by atoms with Gasteiger partial charge in [-0.15, -0.1) is 0 Å². The number of ether oxygens (including phenoxy) is 1. The zero-order valence-electron chi connectivity index (χ0n) is 9.56. The van der Waals surface area contributed by atoms with Gasteiger partial charge in [0.05, 0.1) is 0 Å². The maximum atomic E-state index is 11.8. The fourth-order valence-corrected chi connectivity index (χ4v) is 2.54. The van der Waals surface area contributed by atoms with E-state index in [9.17, 15) is 4.79 Å². The highest BCUT2D eigenvalue weighted by atomic mass is 16.6. The Morgan fingerprint density at radius 3 is 2.67 bits per heavy atom. The molecule has 86 valence electrons. The summed E-state index contributed by atoms with van der Waals surface area (Å²) in [5.41, 5.74) is -0.432. The van der Waals surface area contributed by atoms with Crippen molar-refractivity contribution in [2.24, 2.45) is 11.8 Å². The standard InChI is InChI=1S/C11H19NO3/c1-11(2,3)15-10(14)12-5-7-4-9(12)8(7)6-13/h7-9,13H,4-6H2,1-3H3/t7-,8+,9-/m1/s1. The van der Waals surface area contributed by atoms with Crippen molar-refractivity contribution in [3.05, 3.63) is 0 Å². The zero-order valence-corrected chi connectivity index (χ0v) is 9.56. The molecule has 0 spiro atoms. The van der Waals surface area contributed by atoms with E-state index in [0.717, 1.165) is 13.0 Å². The lowest BCUT2D eigenvalue weighted by Crippen LogP contribution is -2.44. The number of nitrogens with zero attached hydrogens (tertiary/aromatic N) is 1. The molecule has 2 heterocycles. The molecule has 0 aromatic carbocycles. The van der Waals surface area contributed by atoms with Crippen molar-refractivity contribution in [1.82, 2.24) is 4.90 Å². The molecule has 2 saturated heterocycles. The fourth-order valence-electron chi connectivity index (χ4n) is 2.54. The fraction of sp³-hybridized carbons (Fsp3) is 0.909. The average Bonchev–Trinajstić information content (AvgIpc) is 2.56. The number of carbonyl (C=O) groups excluding carboxylic acids is 1. The minimum absolute atomic E-state index is 0.189. The van der Waals surface area contributed by atoms with Gasteiger partial charge >= 0.3 is 6.09 Å². The van der Waals surface area contributed by atoms with Crippen LogP contribution in [-0.4, -0.2) is 40.9 Å². The first kappa shape index (κ1) is 10.7. The van der Waals surface area contributed by atoms with E-state index in [1.165, 1.54) is 0 Å². The Balaban J connectivity index is 1.94. The van der Waals surface area contributed by atoms with Crippen LogP contribution in [0.2, 0.25) is 0 Å². The molecular weight excluding hydrogens is 194 g/mol. The molecule has 0 aromatic heterocycles. The first-order chi connectivity index (χ1) is 6.92. The van der Waals surface area contributed by atoms with Crippen molar-refractivity contribution in [3.8, 4) is 0 Å². The van der Waals surface area contributed by atoms with Gasteiger partial charge in [0.15, 0.2) is 0 Å². The quantitative estimate of drug-likeness (QED) is 0.712. The van der Waals surface area contributed by atoms with Crippen molar-refractivity contribution in [1.29, 1.82) is 0 Å². The highest BCUT2D eigenvalue weighted by Crippen LogP contribution is 2.46. The number of amides is 1. The van der Waals surface area contributed by atoms with Crippen LogP contribution in [0.4, 0.5) is 4.79 Å². The summed E-state index contributed by atoms with van der Waals surface area (Å²) in [6.07, 6.45) is 0.802. The summed E-state index contributed by atoms with van der Waals surface area (Å²) in [5.74, 6) is 0.782. The molecule has 3 rings (SSSR count). The van der Waals surface area contributed by atoms with Crippen molar-refractivity contribution < 1.29 is 14.6 Å². The van der Waals surface area contributed by atoms with Crippen LogP contribution in [0.15, 0.2) is 0 Å². The highest BCUT2D eigenvalue weighted by molar-refractivity contribution is 5.69. The topological polar surface area (TPSA) is 49.8 Å². The van der Waals surface area contributed by atoms with Gasteiger partial charge in [0.2, 0.25) is 0 Å². The Morgan fingerprint density at radius 2 is 2.20 bits per heavy atom. The molecule has 2 aliphatic heterocycles. The summed E-state index contributed by atoms with van der Waals surface area (Å²) in [4.78, 5) is 13.6. The monoisotopic (exact) mass is 213 g/mol. The van der Waals surface area contributed by atoms with Gasteiger partial charge in [-0.3, -0.25) is 0 Å². The van der Waals surface area contributed by atoms with Gasteiger partial charge in [-0.1, -0.05) is 0 Å². The molecule has 3 atom stereocenters. The van der Waals surface area contributed by atoms with Crippen LogP contribution in [0.3, 0.4) is 0 Å². The average molecular weight is 213 g/mol. The minimum atomic E-state index is -0.432. The predicted octanol–water partition coefficient (Wildman–Crippen LogP) is 1.23. The van der Waals surface area contributed by atoms with E-state index < -0.39 is 5.60 Å². The Bertz CT molecular complexity index is 271. The lowest BCUT2D eigenvalue weighted by molar-refractivity contribution is 0.0158. The molecule has 1 amide bonds. The zero-order chi connectivity index (χ0) is 11.2. The molecular formula is C11H19NO3. The summed E-state index contributed by atoms with van der Waals surface area (Å²) < 4.78 is 5.32. The lowest BCUT2D eigenvalue weighted by Gasteiger charge is -2.35. The van der Waals surface area contributed by atoms with E-state index in [2.05, 4.69) is 0 Å². The van der Waals surface area contributed by atoms with E-state index in [1.807, 2.05) is 20.8 Å². The third kappa shape index (κ3) is 1.83. The van der Waals surface area contributed by atoms with E-state index in [1.54, 1.807) is 4.90 Å². The number of rotatable bonds is 1. The molecule has 3 fully saturated rings. The van der Waals surface area contributed by atoms with Crippen molar-refractivity contribution in [2.75, 3.05) is 13.2 Å². The highest BCUT2D eigenvalue weighted by Gasteiger charge is 2.54. The third-order valence-corrected chi connectivity index (χ3v) is 3.31. The van der Waals surface area contributed by atoms with Crippen LogP contribution < -0.4 is 0 Å². The summed E-state index contributed by atoms with van der Waals surface area (Å²) in [5, 5.41) is 9.12. The molecule has 15 heavy (non-hydrogen) atoms. The maximum Gasteiger partial charge on any atom is 0.410 e. The second-order valence-electron chi connectivity index (χ2n) is 5.54. The Kier molecular flexibility index (Phi) is 2.41.